The third-order valence-electron chi connectivity index (χ3n) is 16.0. The predicted molar refractivity (Wildman–Crippen MR) is 276 cm³/mol. The lowest BCUT2D eigenvalue weighted by atomic mass is 9.90. The predicted octanol–water partition coefficient (Wildman–Crippen LogP) is 7.69. The Hall–Kier alpha value is -3.67. The first-order valence-corrected chi connectivity index (χ1v) is 28.3. The standard InChI is InChI=1S/C29H46N6OSi.C23H32N6O.ClH/c1-21-31-24(19-27(32-21)34-16-14-33(5)15-17-34)26-18-23(36-37(6,7)29(2,3)4)20-35(26)25-12-8-10-22-11-9-13-30-28(22)25;1-16-25-19(14-22(26-16)28-11-9-27(2)10-12-28)21-13-18(30)15-29(21)20-7-3-5-17-6-4-8-24-23(17)20;/h9,11,13,19,23,25-26H,8,10,12,14-18,20H2,1-7H3;4,6,8,14,18,20-21,30H,3,5,7,9-13,15H2,1-2H3;1H/t23-,25+,26?;18-,20+,21?;/m11./s1. The van der Waals surface area contributed by atoms with Crippen molar-refractivity contribution in [2.45, 2.75) is 140 Å². The van der Waals surface area contributed by atoms with Crippen molar-refractivity contribution < 1.29 is 9.53 Å². The quantitative estimate of drug-likeness (QED) is 0.174. The highest BCUT2D eigenvalue weighted by Crippen LogP contribution is 2.47. The van der Waals surface area contributed by atoms with Crippen molar-refractivity contribution in [1.82, 2.24) is 49.5 Å². The van der Waals surface area contributed by atoms with Gasteiger partial charge in [-0.25, -0.2) is 19.9 Å². The molecule has 6 aliphatic rings. The SMILES string of the molecule is Cc1nc(C2C[C@@H](O)CN2[C@H]2CCCc3cccnc32)cc(N2CCN(C)CC2)n1.Cc1nc(C2C[C@@H](O[Si](C)(C)C(C)(C)C)CN2[C@H]2CCCc3cccnc32)cc(N2CCN(C)CC2)n1.Cl. The van der Waals surface area contributed by atoms with Gasteiger partial charge in [0, 0.05) is 90.0 Å². The number of fused-ring (bicyclic) bond motifs is 2. The highest BCUT2D eigenvalue weighted by molar-refractivity contribution is 6.74. The van der Waals surface area contributed by atoms with Crippen molar-refractivity contribution >= 4 is 32.4 Å². The van der Waals surface area contributed by atoms with Crippen molar-refractivity contribution in [1.29, 1.82) is 0 Å². The minimum atomic E-state index is -1.89. The van der Waals surface area contributed by atoms with E-state index in [0.717, 1.165) is 139 Å². The fraction of sp³-hybridized carbons (Fsp3) is 0.654. The molecule has 6 atom stereocenters. The minimum absolute atomic E-state index is 0. The highest BCUT2D eigenvalue weighted by Gasteiger charge is 2.46. The van der Waals surface area contributed by atoms with Gasteiger partial charge in [0.2, 0.25) is 0 Å². The summed E-state index contributed by atoms with van der Waals surface area (Å²) in [6.45, 7) is 25.6. The lowest BCUT2D eigenvalue weighted by molar-refractivity contribution is 0.133. The van der Waals surface area contributed by atoms with Crippen LogP contribution in [0.15, 0.2) is 48.8 Å². The molecule has 1 N–H and O–H groups in total. The van der Waals surface area contributed by atoms with Gasteiger partial charge in [-0.3, -0.25) is 19.8 Å². The number of nitrogens with zero attached hydrogens (tertiary/aromatic N) is 12. The second kappa shape index (κ2) is 21.4. The summed E-state index contributed by atoms with van der Waals surface area (Å²) in [7, 11) is 2.47. The van der Waals surface area contributed by atoms with Gasteiger partial charge in [-0.2, -0.15) is 0 Å². The molecule has 2 aliphatic carbocycles. The fourth-order valence-electron chi connectivity index (χ4n) is 11.3. The Morgan fingerprint density at radius 1 is 0.632 bits per heavy atom. The number of likely N-dealkylation sites (tertiary alicyclic amines) is 2. The van der Waals surface area contributed by atoms with Crippen molar-refractivity contribution in [2.24, 2.45) is 0 Å². The van der Waals surface area contributed by atoms with Crippen LogP contribution in [0.3, 0.4) is 0 Å². The van der Waals surface area contributed by atoms with Crippen molar-refractivity contribution in [3.8, 4) is 0 Å². The van der Waals surface area contributed by atoms with Crippen LogP contribution in [-0.4, -0.2) is 155 Å². The van der Waals surface area contributed by atoms with Crippen LogP contribution in [0.2, 0.25) is 18.1 Å². The van der Waals surface area contributed by atoms with Gasteiger partial charge in [-0.1, -0.05) is 32.9 Å². The number of hydrogen-bond acceptors (Lipinski definition) is 14. The molecule has 16 heteroatoms. The van der Waals surface area contributed by atoms with E-state index < -0.39 is 8.32 Å². The molecule has 10 rings (SSSR count). The summed E-state index contributed by atoms with van der Waals surface area (Å²) in [6.07, 6.45) is 12.3. The third-order valence-corrected chi connectivity index (χ3v) is 20.6. The van der Waals surface area contributed by atoms with E-state index in [-0.39, 0.29) is 47.8 Å². The van der Waals surface area contributed by atoms with Crippen LogP contribution in [0.5, 0.6) is 0 Å². The molecule has 0 spiro atoms. The number of aryl methyl sites for hydroxylation is 4. The Bertz CT molecular complexity index is 2320. The van der Waals surface area contributed by atoms with E-state index in [2.05, 4.69) is 108 Å². The number of pyridine rings is 2. The third kappa shape index (κ3) is 11.3. The zero-order valence-electron chi connectivity index (χ0n) is 42.4. The average molecular weight is 968 g/mol. The summed E-state index contributed by atoms with van der Waals surface area (Å²) in [5.41, 5.74) is 7.39. The Kier molecular flexibility index (Phi) is 15.9. The molecule has 4 aliphatic heterocycles. The molecule has 4 saturated heterocycles. The maximum absolute atomic E-state index is 10.6. The molecule has 68 heavy (non-hydrogen) atoms. The van der Waals surface area contributed by atoms with E-state index in [4.69, 9.17) is 34.3 Å². The number of aliphatic hydroxyl groups excluding tert-OH is 1. The van der Waals surface area contributed by atoms with E-state index in [1.165, 1.54) is 28.9 Å². The van der Waals surface area contributed by atoms with E-state index in [0.29, 0.717) is 12.6 Å². The number of β-amino-alcohol motifs (C(OH)–C–C–N with tert-alkyl or cyclic N) is 1. The van der Waals surface area contributed by atoms with E-state index in [1.54, 1.807) is 0 Å². The molecular formula is C52H79ClN12O2Si. The summed E-state index contributed by atoms with van der Waals surface area (Å²) in [6, 6.07) is 13.9. The molecule has 0 saturated carbocycles. The van der Waals surface area contributed by atoms with Crippen molar-refractivity contribution in [3.63, 3.8) is 0 Å². The average Bonchev–Trinajstić information content (AvgIpc) is 3.91. The van der Waals surface area contributed by atoms with Crippen molar-refractivity contribution in [3.05, 3.63) is 94.3 Å². The number of likely N-dealkylation sites (N-methyl/N-ethyl adjacent to an activating group) is 2. The summed E-state index contributed by atoms with van der Waals surface area (Å²) in [5.74, 6) is 3.77. The van der Waals surface area contributed by atoms with E-state index in [9.17, 15) is 5.11 Å². The monoisotopic (exact) mass is 967 g/mol. The van der Waals surface area contributed by atoms with Crippen LogP contribution in [0.4, 0.5) is 11.6 Å². The topological polar surface area (TPSA) is 126 Å². The van der Waals surface area contributed by atoms with Gasteiger partial charge in [-0.05, 0) is 121 Å². The van der Waals surface area contributed by atoms with Gasteiger partial charge in [-0.15, -0.1) is 12.4 Å². The van der Waals surface area contributed by atoms with Gasteiger partial charge < -0.3 is 29.1 Å². The van der Waals surface area contributed by atoms with E-state index in [1.807, 2.05) is 32.3 Å². The smallest absolute Gasteiger partial charge is 0.192 e. The first-order valence-electron chi connectivity index (χ1n) is 25.4. The summed E-state index contributed by atoms with van der Waals surface area (Å²) in [4.78, 5) is 43.8. The molecule has 4 aromatic rings. The molecule has 0 bridgehead atoms. The number of halogens is 1. The molecule has 2 unspecified atom stereocenters. The Morgan fingerprint density at radius 2 is 1.09 bits per heavy atom. The van der Waals surface area contributed by atoms with Crippen LogP contribution >= 0.6 is 12.4 Å². The zero-order chi connectivity index (χ0) is 47.0. The second-order valence-corrected chi connectivity index (χ2v) is 26.7. The maximum atomic E-state index is 10.6. The summed E-state index contributed by atoms with van der Waals surface area (Å²) in [5, 5.41) is 10.8. The number of hydrogen-bond donors (Lipinski definition) is 1. The molecule has 0 amide bonds. The highest BCUT2D eigenvalue weighted by atomic mass is 35.5. The molecule has 0 radical (unpaired) electrons. The first kappa shape index (κ1) is 50.7. The van der Waals surface area contributed by atoms with Gasteiger partial charge >= 0.3 is 0 Å². The number of rotatable bonds is 8. The first-order chi connectivity index (χ1) is 32.1. The molecular weight excluding hydrogens is 888 g/mol. The molecule has 14 nitrogen and oxygen atoms in total. The van der Waals surface area contributed by atoms with Crippen LogP contribution in [0, 0.1) is 13.8 Å². The minimum Gasteiger partial charge on any atom is -0.413 e. The summed E-state index contributed by atoms with van der Waals surface area (Å²) >= 11 is 0. The molecule has 370 valence electrons. The number of aromatic nitrogens is 6. The second-order valence-electron chi connectivity index (χ2n) is 21.9. The summed E-state index contributed by atoms with van der Waals surface area (Å²) < 4.78 is 7.03. The largest absolute Gasteiger partial charge is 0.413 e. The maximum Gasteiger partial charge on any atom is 0.192 e. The fourth-order valence-corrected chi connectivity index (χ4v) is 12.7. The van der Waals surface area contributed by atoms with Gasteiger partial charge in [0.25, 0.3) is 0 Å². The zero-order valence-corrected chi connectivity index (χ0v) is 44.3. The molecule has 4 fully saturated rings. The molecule has 0 aromatic carbocycles. The van der Waals surface area contributed by atoms with E-state index >= 15 is 0 Å². The van der Waals surface area contributed by atoms with Gasteiger partial charge in [0.05, 0.1) is 59.2 Å². The molecule has 8 heterocycles. The normalized spacial score (nSPS) is 26.4. The van der Waals surface area contributed by atoms with Crippen LogP contribution < -0.4 is 9.80 Å². The van der Waals surface area contributed by atoms with Gasteiger partial charge in [0.1, 0.15) is 23.3 Å². The lowest BCUT2D eigenvalue weighted by Gasteiger charge is -2.39. The van der Waals surface area contributed by atoms with Crippen molar-refractivity contribution in [2.75, 3.05) is 89.3 Å². The van der Waals surface area contributed by atoms with Crippen LogP contribution in [-0.2, 0) is 17.3 Å². The Balaban J connectivity index is 0.000000185. The van der Waals surface area contributed by atoms with Crippen LogP contribution in [0.1, 0.15) is 129 Å². The van der Waals surface area contributed by atoms with Crippen LogP contribution in [0.25, 0.3) is 0 Å². The number of anilines is 2. The number of piperazine rings is 2. The lowest BCUT2D eigenvalue weighted by Crippen LogP contribution is -2.45. The van der Waals surface area contributed by atoms with Gasteiger partial charge in [0.15, 0.2) is 8.32 Å². The number of aliphatic hydroxyl groups is 1. The molecule has 4 aromatic heterocycles. The Morgan fingerprint density at radius 3 is 1.56 bits per heavy atom. The Labute approximate surface area is 413 Å².